The van der Waals surface area contributed by atoms with E-state index in [-0.39, 0.29) is 11.5 Å². The zero-order chi connectivity index (χ0) is 21.8. The van der Waals surface area contributed by atoms with Gasteiger partial charge in [0.25, 0.3) is 5.56 Å². The summed E-state index contributed by atoms with van der Waals surface area (Å²) in [7, 11) is 0. The highest BCUT2D eigenvalue weighted by Gasteiger charge is 2.24. The molecule has 2 aromatic carbocycles. The van der Waals surface area contributed by atoms with Crippen LogP contribution < -0.4 is 5.56 Å². The first-order valence-corrected chi connectivity index (χ1v) is 11.0. The number of hydrogen-bond acceptors (Lipinski definition) is 3. The van der Waals surface area contributed by atoms with Crippen molar-refractivity contribution in [3.8, 4) is 11.3 Å². The van der Waals surface area contributed by atoms with Gasteiger partial charge in [-0.05, 0) is 43.7 Å². The minimum absolute atomic E-state index is 0.0601. The summed E-state index contributed by atoms with van der Waals surface area (Å²) in [6.45, 7) is 6.05. The third-order valence-electron chi connectivity index (χ3n) is 6.11. The predicted molar refractivity (Wildman–Crippen MR) is 123 cm³/mol. The van der Waals surface area contributed by atoms with Crippen molar-refractivity contribution < 1.29 is 4.79 Å². The van der Waals surface area contributed by atoms with Gasteiger partial charge in [0.2, 0.25) is 5.91 Å². The normalized spacial score (nSPS) is 14.6. The molecule has 0 unspecified atom stereocenters. The van der Waals surface area contributed by atoms with E-state index in [1.807, 2.05) is 73.3 Å². The van der Waals surface area contributed by atoms with Crippen molar-refractivity contribution in [3.63, 3.8) is 0 Å². The van der Waals surface area contributed by atoms with Crippen molar-refractivity contribution in [3.05, 3.63) is 87.7 Å². The molecule has 0 N–H and O–H groups in total. The van der Waals surface area contributed by atoms with E-state index >= 15 is 0 Å². The predicted octanol–water partition coefficient (Wildman–Crippen LogP) is 4.01. The van der Waals surface area contributed by atoms with E-state index in [2.05, 4.69) is 5.10 Å². The molecule has 5 nitrogen and oxygen atoms in total. The molecule has 1 fully saturated rings. The van der Waals surface area contributed by atoms with Crippen LogP contribution >= 0.6 is 0 Å². The Morgan fingerprint density at radius 1 is 1.00 bits per heavy atom. The van der Waals surface area contributed by atoms with Gasteiger partial charge in [-0.3, -0.25) is 9.59 Å². The number of carbonyl (C=O) groups is 1. The lowest BCUT2D eigenvalue weighted by molar-refractivity contribution is -0.131. The second kappa shape index (κ2) is 9.29. The highest BCUT2D eigenvalue weighted by Crippen LogP contribution is 2.22. The van der Waals surface area contributed by atoms with Gasteiger partial charge in [0.1, 0.15) is 0 Å². The molecular formula is C26H29N3O2. The van der Waals surface area contributed by atoms with Crippen molar-refractivity contribution in [1.29, 1.82) is 0 Å². The van der Waals surface area contributed by atoms with Gasteiger partial charge in [-0.15, -0.1) is 0 Å². The van der Waals surface area contributed by atoms with E-state index in [1.54, 1.807) is 10.7 Å². The quantitative estimate of drug-likeness (QED) is 0.633. The van der Waals surface area contributed by atoms with Gasteiger partial charge in [-0.1, -0.05) is 60.2 Å². The van der Waals surface area contributed by atoms with E-state index in [9.17, 15) is 9.59 Å². The van der Waals surface area contributed by atoms with Gasteiger partial charge < -0.3 is 4.90 Å². The molecule has 0 bridgehead atoms. The van der Waals surface area contributed by atoms with Crippen molar-refractivity contribution in [2.24, 2.45) is 5.92 Å². The minimum Gasteiger partial charge on any atom is -0.342 e. The third-order valence-corrected chi connectivity index (χ3v) is 6.11. The third kappa shape index (κ3) is 5.10. The molecule has 2 heterocycles. The molecule has 5 heteroatoms. The second-order valence-electron chi connectivity index (χ2n) is 8.55. The molecule has 1 aliphatic rings. The van der Waals surface area contributed by atoms with Crippen LogP contribution in [0.1, 0.15) is 29.5 Å². The first-order chi connectivity index (χ1) is 15.0. The maximum absolute atomic E-state index is 12.7. The van der Waals surface area contributed by atoms with Crippen LogP contribution in [0.5, 0.6) is 0 Å². The van der Waals surface area contributed by atoms with Crippen LogP contribution in [0.25, 0.3) is 11.3 Å². The molecule has 0 spiro atoms. The van der Waals surface area contributed by atoms with Gasteiger partial charge in [-0.2, -0.15) is 5.10 Å². The molecule has 1 aromatic heterocycles. The standard InChI is InChI=1S/C26H29N3O2/c1-19-8-10-21(11-9-19)17-24(30)28-14-12-22(13-15-28)18-29-25(31)16-20(2)26(27-29)23-6-4-3-5-7-23/h3-11,16,22H,12-15,17-18H2,1-2H3. The lowest BCUT2D eigenvalue weighted by Crippen LogP contribution is -2.41. The van der Waals surface area contributed by atoms with E-state index in [0.717, 1.165) is 48.3 Å². The van der Waals surface area contributed by atoms with Crippen molar-refractivity contribution in [2.75, 3.05) is 13.1 Å². The van der Waals surface area contributed by atoms with Gasteiger partial charge >= 0.3 is 0 Å². The van der Waals surface area contributed by atoms with Crippen LogP contribution in [0.15, 0.2) is 65.5 Å². The fraction of sp³-hybridized carbons (Fsp3) is 0.346. The highest BCUT2D eigenvalue weighted by atomic mass is 16.2. The maximum Gasteiger partial charge on any atom is 0.267 e. The Hall–Kier alpha value is -3.21. The molecule has 1 amide bonds. The summed E-state index contributed by atoms with van der Waals surface area (Å²) < 4.78 is 1.60. The van der Waals surface area contributed by atoms with Crippen LogP contribution in [0, 0.1) is 19.8 Å². The minimum atomic E-state index is -0.0601. The molecule has 160 valence electrons. The molecular weight excluding hydrogens is 386 g/mol. The average molecular weight is 416 g/mol. The lowest BCUT2D eigenvalue weighted by atomic mass is 9.96. The number of hydrogen-bond donors (Lipinski definition) is 0. The van der Waals surface area contributed by atoms with Gasteiger partial charge in [0.15, 0.2) is 0 Å². The average Bonchev–Trinajstić information content (AvgIpc) is 2.78. The number of aryl methyl sites for hydroxylation is 2. The number of aromatic nitrogens is 2. The Balaban J connectivity index is 1.38. The Labute approximate surface area is 183 Å². The molecule has 0 aliphatic carbocycles. The number of amides is 1. The summed E-state index contributed by atoms with van der Waals surface area (Å²) in [5.41, 5.74) is 4.96. The summed E-state index contributed by atoms with van der Waals surface area (Å²) in [6, 6.07) is 19.8. The molecule has 31 heavy (non-hydrogen) atoms. The Morgan fingerprint density at radius 2 is 1.68 bits per heavy atom. The van der Waals surface area contributed by atoms with Crippen molar-refractivity contribution in [2.45, 2.75) is 39.7 Å². The fourth-order valence-corrected chi connectivity index (χ4v) is 4.19. The number of likely N-dealkylation sites (tertiary alicyclic amines) is 1. The topological polar surface area (TPSA) is 55.2 Å². The zero-order valence-electron chi connectivity index (χ0n) is 18.3. The van der Waals surface area contributed by atoms with Crippen LogP contribution in [0.4, 0.5) is 0 Å². The zero-order valence-corrected chi connectivity index (χ0v) is 18.3. The van der Waals surface area contributed by atoms with Crippen LogP contribution in [0.3, 0.4) is 0 Å². The number of benzene rings is 2. The molecule has 0 atom stereocenters. The smallest absolute Gasteiger partial charge is 0.267 e. The first kappa shape index (κ1) is 21.0. The molecule has 0 radical (unpaired) electrons. The van der Waals surface area contributed by atoms with E-state index in [1.165, 1.54) is 5.56 Å². The van der Waals surface area contributed by atoms with Gasteiger partial charge in [0.05, 0.1) is 12.1 Å². The van der Waals surface area contributed by atoms with E-state index in [0.29, 0.717) is 18.9 Å². The van der Waals surface area contributed by atoms with Gasteiger partial charge in [0, 0.05) is 31.3 Å². The van der Waals surface area contributed by atoms with Gasteiger partial charge in [-0.25, -0.2) is 4.68 Å². The first-order valence-electron chi connectivity index (χ1n) is 11.0. The monoisotopic (exact) mass is 415 g/mol. The largest absolute Gasteiger partial charge is 0.342 e. The summed E-state index contributed by atoms with van der Waals surface area (Å²) in [5, 5.41) is 4.68. The van der Waals surface area contributed by atoms with E-state index in [4.69, 9.17) is 0 Å². The fourth-order valence-electron chi connectivity index (χ4n) is 4.19. The highest BCUT2D eigenvalue weighted by molar-refractivity contribution is 5.78. The Bertz CT molecular complexity index is 1100. The summed E-state index contributed by atoms with van der Waals surface area (Å²) in [5.74, 6) is 0.527. The van der Waals surface area contributed by atoms with Crippen LogP contribution in [0.2, 0.25) is 0 Å². The number of rotatable bonds is 5. The van der Waals surface area contributed by atoms with Crippen molar-refractivity contribution in [1.82, 2.24) is 14.7 Å². The molecule has 3 aromatic rings. The molecule has 4 rings (SSSR count). The number of nitrogens with zero attached hydrogens (tertiary/aromatic N) is 3. The van der Waals surface area contributed by atoms with Crippen LogP contribution in [-0.4, -0.2) is 33.7 Å². The number of piperidine rings is 1. The molecule has 0 saturated carbocycles. The Kier molecular flexibility index (Phi) is 6.31. The summed E-state index contributed by atoms with van der Waals surface area (Å²) in [6.07, 6.45) is 2.23. The second-order valence-corrected chi connectivity index (χ2v) is 8.55. The molecule has 1 aliphatic heterocycles. The lowest BCUT2D eigenvalue weighted by Gasteiger charge is -2.32. The van der Waals surface area contributed by atoms with Crippen molar-refractivity contribution >= 4 is 5.91 Å². The molecule has 1 saturated heterocycles. The Morgan fingerprint density at radius 3 is 2.35 bits per heavy atom. The number of carbonyl (C=O) groups excluding carboxylic acids is 1. The maximum atomic E-state index is 12.7. The summed E-state index contributed by atoms with van der Waals surface area (Å²) in [4.78, 5) is 27.2. The summed E-state index contributed by atoms with van der Waals surface area (Å²) >= 11 is 0. The SMILES string of the molecule is Cc1ccc(CC(=O)N2CCC(Cn3nc(-c4ccccc4)c(C)cc3=O)CC2)cc1. The van der Waals surface area contributed by atoms with Crippen LogP contribution in [-0.2, 0) is 17.8 Å². The van der Waals surface area contributed by atoms with E-state index < -0.39 is 0 Å².